The zero-order valence-electron chi connectivity index (χ0n) is 9.86. The van der Waals surface area contributed by atoms with E-state index in [1.807, 2.05) is 6.26 Å². The molecule has 0 radical (unpaired) electrons. The lowest BCUT2D eigenvalue weighted by Gasteiger charge is -2.17. The van der Waals surface area contributed by atoms with Crippen molar-refractivity contribution in [3.8, 4) is 0 Å². The SMILES string of the molecule is CSCCCN(C)C(=O)NCCCC(=O)O. The Bertz CT molecular complexity index is 224. The Kier molecular flexibility index (Phi) is 8.80. The number of carboxylic acid groups (broad SMARTS) is 1. The van der Waals surface area contributed by atoms with Crippen LogP contribution in [0.1, 0.15) is 19.3 Å². The second-order valence-corrected chi connectivity index (χ2v) is 4.48. The van der Waals surface area contributed by atoms with Crippen LogP contribution in [0, 0.1) is 0 Å². The van der Waals surface area contributed by atoms with Gasteiger partial charge < -0.3 is 15.3 Å². The number of amides is 2. The van der Waals surface area contributed by atoms with Crippen LogP contribution < -0.4 is 5.32 Å². The molecule has 0 heterocycles. The molecule has 2 amide bonds. The predicted octanol–water partition coefficient (Wildman–Crippen LogP) is 1.25. The number of carbonyl (C=O) groups is 2. The summed E-state index contributed by atoms with van der Waals surface area (Å²) in [6.45, 7) is 1.14. The predicted molar refractivity (Wildman–Crippen MR) is 65.9 cm³/mol. The summed E-state index contributed by atoms with van der Waals surface area (Å²) < 4.78 is 0. The lowest BCUT2D eigenvalue weighted by Crippen LogP contribution is -2.38. The number of nitrogens with one attached hydrogen (secondary N) is 1. The van der Waals surface area contributed by atoms with Crippen LogP contribution in [0.4, 0.5) is 4.79 Å². The summed E-state index contributed by atoms with van der Waals surface area (Å²) in [4.78, 5) is 23.3. The van der Waals surface area contributed by atoms with Gasteiger partial charge in [0.15, 0.2) is 0 Å². The summed E-state index contributed by atoms with van der Waals surface area (Å²) in [6.07, 6.45) is 3.57. The van der Waals surface area contributed by atoms with Gasteiger partial charge in [0.2, 0.25) is 0 Å². The molecule has 0 aliphatic carbocycles. The number of carboxylic acids is 1. The number of rotatable bonds is 8. The van der Waals surface area contributed by atoms with Crippen LogP contribution in [0.15, 0.2) is 0 Å². The minimum absolute atomic E-state index is 0.0937. The van der Waals surface area contributed by atoms with Gasteiger partial charge in [0.25, 0.3) is 0 Å². The largest absolute Gasteiger partial charge is 0.481 e. The van der Waals surface area contributed by atoms with Crippen molar-refractivity contribution in [2.75, 3.05) is 32.1 Å². The highest BCUT2D eigenvalue weighted by Gasteiger charge is 2.06. The molecule has 0 rings (SSSR count). The lowest BCUT2D eigenvalue weighted by molar-refractivity contribution is -0.137. The number of hydrogen-bond donors (Lipinski definition) is 2. The van der Waals surface area contributed by atoms with E-state index in [2.05, 4.69) is 5.32 Å². The second-order valence-electron chi connectivity index (χ2n) is 3.50. The summed E-state index contributed by atoms with van der Waals surface area (Å²) in [5, 5.41) is 11.1. The summed E-state index contributed by atoms with van der Waals surface area (Å²) in [6, 6.07) is -0.133. The van der Waals surface area contributed by atoms with E-state index < -0.39 is 5.97 Å². The Labute approximate surface area is 101 Å². The monoisotopic (exact) mass is 248 g/mol. The van der Waals surface area contributed by atoms with E-state index in [4.69, 9.17) is 5.11 Å². The van der Waals surface area contributed by atoms with Crippen LogP contribution in [-0.4, -0.2) is 54.2 Å². The quantitative estimate of drug-likeness (QED) is 0.634. The molecule has 0 saturated heterocycles. The van der Waals surface area contributed by atoms with Gasteiger partial charge in [-0.3, -0.25) is 4.79 Å². The fraction of sp³-hybridized carbons (Fsp3) is 0.800. The molecule has 0 fully saturated rings. The minimum atomic E-state index is -0.831. The van der Waals surface area contributed by atoms with E-state index in [1.165, 1.54) is 0 Å². The molecule has 0 aromatic rings. The molecule has 0 saturated carbocycles. The van der Waals surface area contributed by atoms with Crippen molar-refractivity contribution in [2.45, 2.75) is 19.3 Å². The topological polar surface area (TPSA) is 69.6 Å². The van der Waals surface area contributed by atoms with Crippen LogP contribution in [0.25, 0.3) is 0 Å². The normalized spacial score (nSPS) is 9.88. The Morgan fingerprint density at radius 3 is 2.62 bits per heavy atom. The first-order valence-electron chi connectivity index (χ1n) is 5.27. The van der Waals surface area contributed by atoms with Crippen LogP contribution in [0.2, 0.25) is 0 Å². The number of carbonyl (C=O) groups excluding carboxylic acids is 1. The first-order valence-corrected chi connectivity index (χ1v) is 6.67. The van der Waals surface area contributed by atoms with E-state index in [9.17, 15) is 9.59 Å². The molecule has 0 aliphatic rings. The number of nitrogens with zero attached hydrogens (tertiary/aromatic N) is 1. The van der Waals surface area contributed by atoms with Gasteiger partial charge in [-0.15, -0.1) is 0 Å². The van der Waals surface area contributed by atoms with Gasteiger partial charge in [-0.05, 0) is 24.9 Å². The highest BCUT2D eigenvalue weighted by atomic mass is 32.2. The molecule has 0 unspecified atom stereocenters. The van der Waals surface area contributed by atoms with Gasteiger partial charge in [0.05, 0.1) is 0 Å². The Balaban J connectivity index is 3.51. The third kappa shape index (κ3) is 8.40. The minimum Gasteiger partial charge on any atom is -0.481 e. The maximum atomic E-state index is 11.4. The van der Waals surface area contributed by atoms with Crippen molar-refractivity contribution in [3.05, 3.63) is 0 Å². The van der Waals surface area contributed by atoms with Crippen molar-refractivity contribution in [1.29, 1.82) is 0 Å². The zero-order chi connectivity index (χ0) is 12.4. The van der Waals surface area contributed by atoms with Gasteiger partial charge in [0.1, 0.15) is 0 Å². The molecule has 0 aromatic heterocycles. The van der Waals surface area contributed by atoms with Crippen LogP contribution >= 0.6 is 11.8 Å². The van der Waals surface area contributed by atoms with Crippen LogP contribution in [0.3, 0.4) is 0 Å². The fourth-order valence-corrected chi connectivity index (χ4v) is 1.54. The highest BCUT2D eigenvalue weighted by molar-refractivity contribution is 7.98. The molecule has 0 bridgehead atoms. The van der Waals surface area contributed by atoms with E-state index in [0.717, 1.165) is 18.7 Å². The van der Waals surface area contributed by atoms with Crippen LogP contribution in [0.5, 0.6) is 0 Å². The first-order chi connectivity index (χ1) is 7.57. The zero-order valence-corrected chi connectivity index (χ0v) is 10.7. The number of thioether (sulfide) groups is 1. The summed E-state index contributed by atoms with van der Waals surface area (Å²) in [5.41, 5.74) is 0. The smallest absolute Gasteiger partial charge is 0.317 e. The van der Waals surface area contributed by atoms with Gasteiger partial charge in [-0.1, -0.05) is 0 Å². The van der Waals surface area contributed by atoms with Gasteiger partial charge in [-0.2, -0.15) is 11.8 Å². The lowest BCUT2D eigenvalue weighted by atomic mass is 10.3. The molecule has 0 aromatic carbocycles. The molecule has 5 nitrogen and oxygen atoms in total. The molecule has 16 heavy (non-hydrogen) atoms. The molecule has 6 heteroatoms. The molecule has 0 aliphatic heterocycles. The average Bonchev–Trinajstić information content (AvgIpc) is 2.24. The molecular weight excluding hydrogens is 228 g/mol. The summed E-state index contributed by atoms with van der Waals surface area (Å²) in [7, 11) is 1.74. The van der Waals surface area contributed by atoms with Crippen molar-refractivity contribution >= 4 is 23.8 Å². The van der Waals surface area contributed by atoms with E-state index in [-0.39, 0.29) is 12.5 Å². The summed E-state index contributed by atoms with van der Waals surface area (Å²) in [5.74, 6) is 0.207. The van der Waals surface area contributed by atoms with E-state index in [1.54, 1.807) is 23.7 Å². The van der Waals surface area contributed by atoms with Gasteiger partial charge in [0, 0.05) is 26.6 Å². The van der Waals surface area contributed by atoms with Gasteiger partial charge >= 0.3 is 12.0 Å². The first kappa shape index (κ1) is 15.1. The molecule has 2 N–H and O–H groups in total. The number of urea groups is 1. The van der Waals surface area contributed by atoms with E-state index in [0.29, 0.717) is 13.0 Å². The maximum Gasteiger partial charge on any atom is 0.317 e. The number of hydrogen-bond acceptors (Lipinski definition) is 3. The second kappa shape index (κ2) is 9.33. The van der Waals surface area contributed by atoms with E-state index >= 15 is 0 Å². The van der Waals surface area contributed by atoms with Crippen molar-refractivity contribution in [1.82, 2.24) is 10.2 Å². The number of aliphatic carboxylic acids is 1. The van der Waals surface area contributed by atoms with Crippen LogP contribution in [-0.2, 0) is 4.79 Å². The Morgan fingerprint density at radius 2 is 2.06 bits per heavy atom. The van der Waals surface area contributed by atoms with Crippen molar-refractivity contribution in [2.24, 2.45) is 0 Å². The van der Waals surface area contributed by atoms with Gasteiger partial charge in [-0.25, -0.2) is 4.79 Å². The summed E-state index contributed by atoms with van der Waals surface area (Å²) >= 11 is 1.76. The fourth-order valence-electron chi connectivity index (χ4n) is 1.12. The third-order valence-electron chi connectivity index (χ3n) is 2.03. The highest BCUT2D eigenvalue weighted by Crippen LogP contribution is 1.97. The standard InChI is InChI=1S/C10H20N2O3S/c1-12(7-4-8-16-2)10(15)11-6-3-5-9(13)14/h3-8H2,1-2H3,(H,11,15)(H,13,14). The van der Waals surface area contributed by atoms with Crippen molar-refractivity contribution < 1.29 is 14.7 Å². The average molecular weight is 248 g/mol. The molecule has 94 valence electrons. The molecule has 0 atom stereocenters. The molecule has 0 spiro atoms. The maximum absolute atomic E-state index is 11.4. The third-order valence-corrected chi connectivity index (χ3v) is 2.73. The molecular formula is C10H20N2O3S. The van der Waals surface area contributed by atoms with Crippen molar-refractivity contribution in [3.63, 3.8) is 0 Å². The Hall–Kier alpha value is -0.910. The Morgan fingerprint density at radius 1 is 1.38 bits per heavy atom.